The molecule has 0 bridgehead atoms. The van der Waals surface area contributed by atoms with Crippen LogP contribution >= 0.6 is 11.6 Å². The van der Waals surface area contributed by atoms with E-state index in [9.17, 15) is 4.79 Å². The predicted octanol–water partition coefficient (Wildman–Crippen LogP) is 2.62. The molecule has 1 aromatic heterocycles. The summed E-state index contributed by atoms with van der Waals surface area (Å²) < 4.78 is 1.92. The van der Waals surface area contributed by atoms with Gasteiger partial charge in [0.25, 0.3) is 0 Å². The molecule has 0 saturated carbocycles. The quantitative estimate of drug-likeness (QED) is 0.942. The second kappa shape index (κ2) is 5.85. The monoisotopic (exact) mass is 293 g/mol. The van der Waals surface area contributed by atoms with Crippen molar-refractivity contribution in [2.45, 2.75) is 33.0 Å². The summed E-state index contributed by atoms with van der Waals surface area (Å²) in [5, 5.41) is 1.71. The van der Waals surface area contributed by atoms with Gasteiger partial charge in [0, 0.05) is 36.2 Å². The van der Waals surface area contributed by atoms with Gasteiger partial charge in [0.2, 0.25) is 5.91 Å². The summed E-state index contributed by atoms with van der Waals surface area (Å²) in [6, 6.07) is 5.85. The Morgan fingerprint density at radius 1 is 1.45 bits per heavy atom. The number of halogens is 1. The second-order valence-corrected chi connectivity index (χ2v) is 5.68. The van der Waals surface area contributed by atoms with Crippen LogP contribution in [0.5, 0.6) is 0 Å². The Morgan fingerprint density at radius 2 is 2.15 bits per heavy atom. The van der Waals surface area contributed by atoms with Crippen LogP contribution in [0.4, 0.5) is 0 Å². The molecule has 0 atom stereocenters. The summed E-state index contributed by atoms with van der Waals surface area (Å²) >= 11 is 6.05. The smallest absolute Gasteiger partial charge is 0.242 e. The molecule has 2 N–H and O–H groups in total. The van der Waals surface area contributed by atoms with Gasteiger partial charge in [0.15, 0.2) is 0 Å². The molecule has 1 aromatic carbocycles. The lowest BCUT2D eigenvalue weighted by atomic mass is 10.2. The van der Waals surface area contributed by atoms with Gasteiger partial charge in [-0.2, -0.15) is 0 Å². The molecular formula is C15H20ClN3O. The molecule has 0 aliphatic carbocycles. The summed E-state index contributed by atoms with van der Waals surface area (Å²) in [6.45, 7) is 4.73. The van der Waals surface area contributed by atoms with Gasteiger partial charge in [-0.15, -0.1) is 0 Å². The molecule has 0 aliphatic heterocycles. The Morgan fingerprint density at radius 3 is 2.75 bits per heavy atom. The number of hydrogen-bond donors (Lipinski definition) is 1. The number of fused-ring (bicyclic) bond motifs is 1. The van der Waals surface area contributed by atoms with Gasteiger partial charge >= 0.3 is 0 Å². The van der Waals surface area contributed by atoms with Crippen molar-refractivity contribution in [3.8, 4) is 0 Å². The first-order valence-corrected chi connectivity index (χ1v) is 7.04. The third-order valence-electron chi connectivity index (χ3n) is 3.62. The van der Waals surface area contributed by atoms with Gasteiger partial charge in [-0.1, -0.05) is 17.7 Å². The third-order valence-corrected chi connectivity index (χ3v) is 3.86. The van der Waals surface area contributed by atoms with Crippen LogP contribution in [0.3, 0.4) is 0 Å². The van der Waals surface area contributed by atoms with E-state index < -0.39 is 0 Å². The van der Waals surface area contributed by atoms with Crippen LogP contribution in [0.2, 0.25) is 5.02 Å². The third kappa shape index (κ3) is 2.81. The highest BCUT2D eigenvalue weighted by molar-refractivity contribution is 6.31. The highest BCUT2D eigenvalue weighted by Crippen LogP contribution is 2.24. The van der Waals surface area contributed by atoms with E-state index in [1.807, 2.05) is 49.9 Å². The minimum absolute atomic E-state index is 0.0699. The average Bonchev–Trinajstić information content (AvgIpc) is 2.75. The molecule has 0 radical (unpaired) electrons. The molecule has 0 spiro atoms. The maximum atomic E-state index is 12.2. The lowest BCUT2D eigenvalue weighted by molar-refractivity contribution is -0.131. The molecule has 2 aromatic rings. The first-order chi connectivity index (χ1) is 9.43. The molecule has 0 aliphatic rings. The SMILES string of the molecule is CC(C)N(C)C(=O)Cn1cc(CN)c2ccc(Cl)cc21. The minimum Gasteiger partial charge on any atom is -0.342 e. The molecule has 0 fully saturated rings. The highest BCUT2D eigenvalue weighted by Gasteiger charge is 2.15. The van der Waals surface area contributed by atoms with Crippen molar-refractivity contribution >= 4 is 28.4 Å². The number of benzene rings is 1. The summed E-state index contributed by atoms with van der Waals surface area (Å²) in [6.07, 6.45) is 1.94. The van der Waals surface area contributed by atoms with Crippen LogP contribution in [-0.2, 0) is 17.9 Å². The van der Waals surface area contributed by atoms with Crippen molar-refractivity contribution in [2.75, 3.05) is 7.05 Å². The molecule has 20 heavy (non-hydrogen) atoms. The van der Waals surface area contributed by atoms with E-state index in [-0.39, 0.29) is 11.9 Å². The zero-order valence-corrected chi connectivity index (χ0v) is 12.8. The molecule has 5 heteroatoms. The topological polar surface area (TPSA) is 51.3 Å². The van der Waals surface area contributed by atoms with E-state index in [4.69, 9.17) is 17.3 Å². The average molecular weight is 294 g/mol. The normalized spacial score (nSPS) is 11.3. The lowest BCUT2D eigenvalue weighted by Gasteiger charge is -2.21. The van der Waals surface area contributed by atoms with E-state index in [1.165, 1.54) is 0 Å². The lowest BCUT2D eigenvalue weighted by Crippen LogP contribution is -2.35. The maximum absolute atomic E-state index is 12.2. The summed E-state index contributed by atoms with van der Waals surface area (Å²) in [7, 11) is 1.81. The predicted molar refractivity (Wildman–Crippen MR) is 82.7 cm³/mol. The maximum Gasteiger partial charge on any atom is 0.242 e. The molecular weight excluding hydrogens is 274 g/mol. The Bertz CT molecular complexity index is 633. The number of amides is 1. The van der Waals surface area contributed by atoms with E-state index >= 15 is 0 Å². The molecule has 1 amide bonds. The Balaban J connectivity index is 2.39. The Labute approximate surface area is 124 Å². The number of aromatic nitrogens is 1. The van der Waals surface area contributed by atoms with Crippen LogP contribution in [0.15, 0.2) is 24.4 Å². The number of carbonyl (C=O) groups excluding carboxylic acids is 1. The van der Waals surface area contributed by atoms with Gasteiger partial charge in [-0.25, -0.2) is 0 Å². The van der Waals surface area contributed by atoms with Crippen molar-refractivity contribution < 1.29 is 4.79 Å². The Kier molecular flexibility index (Phi) is 4.35. The van der Waals surface area contributed by atoms with Crippen LogP contribution in [0.1, 0.15) is 19.4 Å². The van der Waals surface area contributed by atoms with Crippen LogP contribution in [0, 0.1) is 0 Å². The van der Waals surface area contributed by atoms with Crippen molar-refractivity contribution in [3.63, 3.8) is 0 Å². The van der Waals surface area contributed by atoms with Gasteiger partial charge in [-0.3, -0.25) is 4.79 Å². The fourth-order valence-electron chi connectivity index (χ4n) is 2.18. The van der Waals surface area contributed by atoms with E-state index in [2.05, 4.69) is 0 Å². The van der Waals surface area contributed by atoms with Gasteiger partial charge < -0.3 is 15.2 Å². The van der Waals surface area contributed by atoms with Crippen molar-refractivity contribution in [3.05, 3.63) is 35.0 Å². The molecule has 2 rings (SSSR count). The summed E-state index contributed by atoms with van der Waals surface area (Å²) in [5.74, 6) is 0.0699. The number of nitrogens with zero attached hydrogens (tertiary/aromatic N) is 2. The van der Waals surface area contributed by atoms with E-state index in [0.29, 0.717) is 18.1 Å². The van der Waals surface area contributed by atoms with Crippen molar-refractivity contribution in [1.82, 2.24) is 9.47 Å². The number of hydrogen-bond acceptors (Lipinski definition) is 2. The first kappa shape index (κ1) is 14.9. The van der Waals surface area contributed by atoms with Crippen LogP contribution < -0.4 is 5.73 Å². The van der Waals surface area contributed by atoms with Crippen molar-refractivity contribution in [1.29, 1.82) is 0 Å². The van der Waals surface area contributed by atoms with Gasteiger partial charge in [-0.05, 0) is 31.5 Å². The molecule has 1 heterocycles. The van der Waals surface area contributed by atoms with Gasteiger partial charge in [0.05, 0.1) is 5.52 Å². The summed E-state index contributed by atoms with van der Waals surface area (Å²) in [4.78, 5) is 14.0. The second-order valence-electron chi connectivity index (χ2n) is 5.25. The van der Waals surface area contributed by atoms with Crippen molar-refractivity contribution in [2.24, 2.45) is 5.73 Å². The molecule has 0 saturated heterocycles. The van der Waals surface area contributed by atoms with E-state index in [0.717, 1.165) is 16.5 Å². The number of likely N-dealkylation sites (N-methyl/N-ethyl adjacent to an activating group) is 1. The van der Waals surface area contributed by atoms with Gasteiger partial charge in [0.1, 0.15) is 6.54 Å². The Hall–Kier alpha value is -1.52. The van der Waals surface area contributed by atoms with E-state index in [1.54, 1.807) is 4.90 Å². The zero-order chi connectivity index (χ0) is 14.9. The number of nitrogens with two attached hydrogens (primary N) is 1. The molecule has 4 nitrogen and oxygen atoms in total. The molecule has 108 valence electrons. The summed E-state index contributed by atoms with van der Waals surface area (Å²) in [5.41, 5.74) is 7.74. The van der Waals surface area contributed by atoms with Crippen LogP contribution in [0.25, 0.3) is 10.9 Å². The first-order valence-electron chi connectivity index (χ1n) is 6.67. The standard InChI is InChI=1S/C15H20ClN3O/c1-10(2)18(3)15(20)9-19-8-11(7-17)13-5-4-12(16)6-14(13)19/h4-6,8,10H,7,9,17H2,1-3H3. The van der Waals surface area contributed by atoms with Crippen LogP contribution in [-0.4, -0.2) is 28.5 Å². The zero-order valence-electron chi connectivity index (χ0n) is 12.1. The highest BCUT2D eigenvalue weighted by atomic mass is 35.5. The number of carbonyl (C=O) groups is 1. The fraction of sp³-hybridized carbons (Fsp3) is 0.400. The number of rotatable bonds is 4. The fourth-order valence-corrected chi connectivity index (χ4v) is 2.35. The molecule has 0 unspecified atom stereocenters. The minimum atomic E-state index is 0.0699. The largest absolute Gasteiger partial charge is 0.342 e.